The highest BCUT2D eigenvalue weighted by Gasteiger charge is 2.22. The molecule has 0 fully saturated rings. The molecule has 4 heterocycles. The van der Waals surface area contributed by atoms with Crippen molar-refractivity contribution >= 4 is 34.0 Å². The fourth-order valence-corrected chi connectivity index (χ4v) is 4.63. The second kappa shape index (κ2) is 8.74. The Morgan fingerprint density at radius 3 is 2.79 bits per heavy atom. The maximum absolute atomic E-state index is 13.4. The van der Waals surface area contributed by atoms with Crippen LogP contribution in [0.25, 0.3) is 11.0 Å². The highest BCUT2D eigenvalue weighted by Crippen LogP contribution is 2.35. The van der Waals surface area contributed by atoms with Crippen molar-refractivity contribution in [1.29, 1.82) is 0 Å². The van der Waals surface area contributed by atoms with Gasteiger partial charge in [-0.2, -0.15) is 0 Å². The van der Waals surface area contributed by atoms with Crippen molar-refractivity contribution < 1.29 is 19.0 Å². The minimum Gasteiger partial charge on any atom is -0.486 e. The highest BCUT2D eigenvalue weighted by atomic mass is 32.1. The Morgan fingerprint density at radius 1 is 1.18 bits per heavy atom. The van der Waals surface area contributed by atoms with Crippen LogP contribution in [-0.2, 0) is 18.4 Å². The molecule has 1 amide bonds. The number of carbonyl (C=O) groups is 1. The molecular weight excluding hydrogens is 440 g/mol. The first-order valence-corrected chi connectivity index (χ1v) is 11.5. The van der Waals surface area contributed by atoms with Gasteiger partial charge in [0.2, 0.25) is 5.88 Å². The average molecular weight is 465 g/mol. The number of carbonyl (C=O) groups excluding carboxylic acids is 1. The van der Waals surface area contributed by atoms with Gasteiger partial charge in [0.1, 0.15) is 13.2 Å². The lowest BCUT2D eigenvalue weighted by Gasteiger charge is -2.25. The lowest BCUT2D eigenvalue weighted by Crippen LogP contribution is -2.34. The van der Waals surface area contributed by atoms with Crippen LogP contribution in [0.1, 0.15) is 16.1 Å². The predicted molar refractivity (Wildman–Crippen MR) is 126 cm³/mol. The third kappa shape index (κ3) is 4.23. The summed E-state index contributed by atoms with van der Waals surface area (Å²) in [7, 11) is 1.82. The first-order valence-electron chi connectivity index (χ1n) is 10.7. The molecule has 1 aliphatic heterocycles. The number of aryl methyl sites for hydroxylation is 3. The summed E-state index contributed by atoms with van der Waals surface area (Å²) in [5.74, 6) is 1.54. The van der Waals surface area contributed by atoms with Crippen molar-refractivity contribution in [1.82, 2.24) is 14.8 Å². The molecule has 4 aromatic rings. The number of nitrogens with zero attached hydrogens (tertiary/aromatic N) is 4. The summed E-state index contributed by atoms with van der Waals surface area (Å²) in [5.41, 5.74) is 3.37. The fraction of sp³-hybridized carbons (Fsp3) is 0.292. The zero-order valence-corrected chi connectivity index (χ0v) is 19.5. The number of pyridine rings is 1. The van der Waals surface area contributed by atoms with E-state index in [0.29, 0.717) is 37.1 Å². The molecule has 0 radical (unpaired) electrons. The van der Waals surface area contributed by atoms with Gasteiger partial charge in [-0.25, -0.2) is 9.67 Å². The highest BCUT2D eigenvalue weighted by molar-refractivity contribution is 7.09. The van der Waals surface area contributed by atoms with Gasteiger partial charge in [0, 0.05) is 29.4 Å². The summed E-state index contributed by atoms with van der Waals surface area (Å²) < 4.78 is 19.0. The zero-order chi connectivity index (χ0) is 22.9. The maximum atomic E-state index is 13.4. The van der Waals surface area contributed by atoms with Crippen molar-refractivity contribution in [3.05, 3.63) is 57.9 Å². The van der Waals surface area contributed by atoms with Crippen molar-refractivity contribution in [2.45, 2.75) is 20.4 Å². The number of anilines is 1. The largest absolute Gasteiger partial charge is 0.486 e. The van der Waals surface area contributed by atoms with Gasteiger partial charge in [0.25, 0.3) is 5.91 Å². The van der Waals surface area contributed by atoms with E-state index < -0.39 is 0 Å². The Bertz CT molecular complexity index is 1320. The van der Waals surface area contributed by atoms with Crippen molar-refractivity contribution in [2.75, 3.05) is 24.7 Å². The van der Waals surface area contributed by atoms with E-state index in [1.165, 1.54) is 0 Å². The lowest BCUT2D eigenvalue weighted by molar-refractivity contribution is -0.120. The minimum atomic E-state index is -0.184. The van der Waals surface area contributed by atoms with Crippen LogP contribution in [0.5, 0.6) is 17.4 Å². The summed E-state index contributed by atoms with van der Waals surface area (Å²) in [6, 6.07) is 11.5. The van der Waals surface area contributed by atoms with Crippen molar-refractivity contribution in [3.8, 4) is 17.4 Å². The Labute approximate surface area is 195 Å². The number of fused-ring (bicyclic) bond motifs is 2. The topological polar surface area (TPSA) is 78.7 Å². The predicted octanol–water partition coefficient (Wildman–Crippen LogP) is 4.03. The van der Waals surface area contributed by atoms with Gasteiger partial charge < -0.3 is 19.1 Å². The Kier molecular flexibility index (Phi) is 5.63. The van der Waals surface area contributed by atoms with Crippen LogP contribution in [0, 0.1) is 13.8 Å². The maximum Gasteiger partial charge on any atom is 0.265 e. The van der Waals surface area contributed by atoms with E-state index in [2.05, 4.69) is 10.1 Å². The normalized spacial score (nSPS) is 12.7. The standard InChI is InChI=1S/C24H24N4O4S/c1-15-11-16(2)25-23-22(15)24(26-27(23)3)32-14-21(29)28(13-18-5-4-10-33-18)17-6-7-19-20(12-17)31-9-8-30-19/h4-7,10-12H,8-9,13-14H2,1-3H3. The van der Waals surface area contributed by atoms with Crippen LogP contribution in [-0.4, -0.2) is 40.5 Å². The zero-order valence-electron chi connectivity index (χ0n) is 18.7. The third-order valence-electron chi connectivity index (χ3n) is 5.45. The van der Waals surface area contributed by atoms with E-state index in [0.717, 1.165) is 32.9 Å². The number of aromatic nitrogens is 3. The van der Waals surface area contributed by atoms with Gasteiger partial charge in [-0.05, 0) is 49.1 Å². The van der Waals surface area contributed by atoms with Crippen LogP contribution in [0.15, 0.2) is 41.8 Å². The van der Waals surface area contributed by atoms with Crippen LogP contribution >= 0.6 is 11.3 Å². The Morgan fingerprint density at radius 2 is 2.00 bits per heavy atom. The Balaban J connectivity index is 1.42. The van der Waals surface area contributed by atoms with Gasteiger partial charge in [0.05, 0.1) is 11.9 Å². The van der Waals surface area contributed by atoms with Crippen LogP contribution in [0.3, 0.4) is 0 Å². The molecule has 0 aliphatic carbocycles. The van der Waals surface area contributed by atoms with E-state index >= 15 is 0 Å². The SMILES string of the molecule is Cc1cc(C)c2c(OCC(=O)N(Cc3cccs3)c3ccc4c(c3)OCCO4)nn(C)c2n1. The second-order valence-electron chi connectivity index (χ2n) is 7.88. The monoisotopic (exact) mass is 464 g/mol. The molecule has 0 bridgehead atoms. The van der Waals surface area contributed by atoms with Crippen LogP contribution in [0.2, 0.25) is 0 Å². The number of hydrogen-bond acceptors (Lipinski definition) is 7. The number of hydrogen-bond donors (Lipinski definition) is 0. The minimum absolute atomic E-state index is 0.154. The van der Waals surface area contributed by atoms with E-state index in [1.54, 1.807) is 20.9 Å². The molecule has 3 aromatic heterocycles. The third-order valence-corrected chi connectivity index (χ3v) is 6.31. The first-order chi connectivity index (χ1) is 16.0. The molecule has 0 N–H and O–H groups in total. The number of thiophene rings is 1. The molecule has 33 heavy (non-hydrogen) atoms. The van der Waals surface area contributed by atoms with E-state index in [-0.39, 0.29) is 12.5 Å². The molecule has 0 spiro atoms. The number of amides is 1. The summed E-state index contributed by atoms with van der Waals surface area (Å²) in [6.45, 7) is 5.22. The summed E-state index contributed by atoms with van der Waals surface area (Å²) in [6.07, 6.45) is 0. The van der Waals surface area contributed by atoms with E-state index in [4.69, 9.17) is 14.2 Å². The molecule has 9 heteroatoms. The smallest absolute Gasteiger partial charge is 0.265 e. The van der Waals surface area contributed by atoms with Gasteiger partial charge >= 0.3 is 0 Å². The quantitative estimate of drug-likeness (QED) is 0.429. The molecule has 8 nitrogen and oxygen atoms in total. The average Bonchev–Trinajstić information content (AvgIpc) is 3.43. The first kappa shape index (κ1) is 21.3. The molecule has 5 rings (SSSR count). The lowest BCUT2D eigenvalue weighted by atomic mass is 10.2. The van der Waals surface area contributed by atoms with Gasteiger partial charge in [-0.3, -0.25) is 4.79 Å². The second-order valence-corrected chi connectivity index (χ2v) is 8.92. The van der Waals surface area contributed by atoms with Gasteiger partial charge in [0.15, 0.2) is 23.8 Å². The van der Waals surface area contributed by atoms with E-state index in [9.17, 15) is 4.79 Å². The van der Waals surface area contributed by atoms with Crippen LogP contribution < -0.4 is 19.1 Å². The molecule has 1 aromatic carbocycles. The number of benzene rings is 1. The molecule has 0 saturated heterocycles. The molecule has 0 saturated carbocycles. The number of rotatable bonds is 6. The summed E-state index contributed by atoms with van der Waals surface area (Å²) in [4.78, 5) is 20.7. The Hall–Kier alpha value is -3.59. The van der Waals surface area contributed by atoms with E-state index in [1.807, 2.05) is 62.7 Å². The molecule has 0 atom stereocenters. The molecule has 0 unspecified atom stereocenters. The summed E-state index contributed by atoms with van der Waals surface area (Å²) >= 11 is 1.60. The fourth-order valence-electron chi connectivity index (χ4n) is 3.94. The van der Waals surface area contributed by atoms with Gasteiger partial charge in [-0.15, -0.1) is 16.4 Å². The van der Waals surface area contributed by atoms with Crippen molar-refractivity contribution in [2.24, 2.45) is 7.05 Å². The summed E-state index contributed by atoms with van der Waals surface area (Å²) in [5, 5.41) is 7.27. The number of ether oxygens (including phenoxy) is 3. The molecule has 1 aliphatic rings. The molecule has 170 valence electrons. The van der Waals surface area contributed by atoms with Gasteiger partial charge in [-0.1, -0.05) is 6.07 Å². The van der Waals surface area contributed by atoms with Crippen LogP contribution in [0.4, 0.5) is 5.69 Å². The molecular formula is C24H24N4O4S. The van der Waals surface area contributed by atoms with Crippen molar-refractivity contribution in [3.63, 3.8) is 0 Å².